The first-order chi connectivity index (χ1) is 14.5. The van der Waals surface area contributed by atoms with Crippen molar-refractivity contribution in [2.75, 3.05) is 21.3 Å². The summed E-state index contributed by atoms with van der Waals surface area (Å²) in [5.74, 6) is 0.199. The highest BCUT2D eigenvalue weighted by Crippen LogP contribution is 2.36. The van der Waals surface area contributed by atoms with Gasteiger partial charge in [-0.3, -0.25) is 4.79 Å². The third-order valence-electron chi connectivity index (χ3n) is 4.93. The largest absolute Gasteiger partial charge is 0.550 e. The van der Waals surface area contributed by atoms with Crippen molar-refractivity contribution in [2.45, 2.75) is 25.3 Å². The molecule has 1 atom stereocenters. The highest BCUT2D eigenvalue weighted by Gasteiger charge is 2.33. The van der Waals surface area contributed by atoms with Crippen molar-refractivity contribution in [3.05, 3.63) is 53.6 Å². The first-order valence-electron chi connectivity index (χ1n) is 9.42. The van der Waals surface area contributed by atoms with Crippen molar-refractivity contribution in [1.29, 1.82) is 0 Å². The fraction of sp³-hybridized carbons (Fsp3) is 0.318. The fourth-order valence-electron chi connectivity index (χ4n) is 3.34. The number of amides is 1. The molecular weight excluding hydrogens is 388 g/mol. The maximum absolute atomic E-state index is 12.7. The van der Waals surface area contributed by atoms with Gasteiger partial charge < -0.3 is 24.1 Å². The molecule has 8 nitrogen and oxygen atoms in total. The molecule has 3 rings (SSSR count). The van der Waals surface area contributed by atoms with Crippen LogP contribution in [-0.2, 0) is 9.59 Å². The van der Waals surface area contributed by atoms with E-state index >= 15 is 0 Å². The summed E-state index contributed by atoms with van der Waals surface area (Å²) >= 11 is 0. The number of methoxy groups -OCH3 is 3. The quantitative estimate of drug-likeness (QED) is 0.658. The van der Waals surface area contributed by atoms with E-state index in [1.54, 1.807) is 33.5 Å². The first kappa shape index (κ1) is 21.2. The molecule has 1 aliphatic rings. The summed E-state index contributed by atoms with van der Waals surface area (Å²) in [4.78, 5) is 23.5. The molecule has 0 aliphatic carbocycles. The first-order valence-corrected chi connectivity index (χ1v) is 9.42. The smallest absolute Gasteiger partial charge is 0.243 e. The molecule has 0 saturated heterocycles. The van der Waals surface area contributed by atoms with Gasteiger partial charge in [0.1, 0.15) is 5.75 Å². The lowest BCUT2D eigenvalue weighted by atomic mass is 9.98. The molecule has 0 bridgehead atoms. The summed E-state index contributed by atoms with van der Waals surface area (Å²) in [6.45, 7) is 0. The van der Waals surface area contributed by atoms with Gasteiger partial charge >= 0.3 is 0 Å². The van der Waals surface area contributed by atoms with Crippen LogP contribution in [0.3, 0.4) is 0 Å². The minimum Gasteiger partial charge on any atom is -0.550 e. The number of carbonyl (C=O) groups excluding carboxylic acids is 2. The Bertz CT molecular complexity index is 955. The Kier molecular flexibility index (Phi) is 6.56. The number of carbonyl (C=O) groups is 2. The Morgan fingerprint density at radius 3 is 2.30 bits per heavy atom. The van der Waals surface area contributed by atoms with Gasteiger partial charge in [-0.25, -0.2) is 5.01 Å². The Balaban J connectivity index is 1.93. The minimum atomic E-state index is -1.27. The van der Waals surface area contributed by atoms with E-state index in [1.807, 2.05) is 30.3 Å². The van der Waals surface area contributed by atoms with Gasteiger partial charge in [-0.2, -0.15) is 5.10 Å². The molecule has 0 radical (unpaired) electrons. The summed E-state index contributed by atoms with van der Waals surface area (Å²) in [6, 6.07) is 12.4. The molecule has 2 aromatic rings. The van der Waals surface area contributed by atoms with Crippen LogP contribution in [0.2, 0.25) is 0 Å². The van der Waals surface area contributed by atoms with Crippen LogP contribution in [0.1, 0.15) is 36.4 Å². The van der Waals surface area contributed by atoms with Gasteiger partial charge in [0.15, 0.2) is 11.5 Å². The Morgan fingerprint density at radius 1 is 1.00 bits per heavy atom. The molecule has 8 heteroatoms. The maximum Gasteiger partial charge on any atom is 0.243 e. The van der Waals surface area contributed by atoms with Crippen molar-refractivity contribution in [3.63, 3.8) is 0 Å². The van der Waals surface area contributed by atoms with Crippen molar-refractivity contribution < 1.29 is 28.9 Å². The van der Waals surface area contributed by atoms with Crippen LogP contribution in [0.4, 0.5) is 0 Å². The normalized spacial score (nSPS) is 15.5. The number of aliphatic carboxylic acids is 1. The second-order valence-electron chi connectivity index (χ2n) is 6.72. The minimum absolute atomic E-state index is 0.183. The third kappa shape index (κ3) is 4.53. The topological polar surface area (TPSA) is 100 Å². The van der Waals surface area contributed by atoms with Crippen LogP contribution in [-0.4, -0.2) is 43.9 Å². The van der Waals surface area contributed by atoms with Crippen LogP contribution < -0.4 is 19.3 Å². The van der Waals surface area contributed by atoms with Crippen LogP contribution in [0.5, 0.6) is 17.2 Å². The predicted octanol–water partition coefficient (Wildman–Crippen LogP) is 1.92. The summed E-state index contributed by atoms with van der Waals surface area (Å²) in [6.07, 6.45) is -0.0670. The fourth-order valence-corrected chi connectivity index (χ4v) is 3.34. The second kappa shape index (κ2) is 9.30. The highest BCUT2D eigenvalue weighted by molar-refractivity contribution is 6.03. The van der Waals surface area contributed by atoms with Crippen molar-refractivity contribution in [2.24, 2.45) is 5.10 Å². The molecule has 1 heterocycles. The SMILES string of the molecule is COc1ccc([C@@H]2CC(c3ccc(OC)c(OC)c3)=NN2C(=O)CCC(=O)[O-])cc1. The zero-order chi connectivity index (χ0) is 21.7. The molecule has 0 fully saturated rings. The number of ether oxygens (including phenoxy) is 3. The van der Waals surface area contributed by atoms with Crippen molar-refractivity contribution in [1.82, 2.24) is 5.01 Å². The van der Waals surface area contributed by atoms with E-state index in [4.69, 9.17) is 14.2 Å². The highest BCUT2D eigenvalue weighted by atomic mass is 16.5. The molecule has 1 aliphatic heterocycles. The van der Waals surface area contributed by atoms with E-state index in [9.17, 15) is 14.7 Å². The zero-order valence-corrected chi connectivity index (χ0v) is 17.1. The van der Waals surface area contributed by atoms with Gasteiger partial charge in [-0.1, -0.05) is 12.1 Å². The van der Waals surface area contributed by atoms with E-state index < -0.39 is 5.97 Å². The number of rotatable bonds is 8. The number of nitrogens with zero attached hydrogens (tertiary/aromatic N) is 2. The summed E-state index contributed by atoms with van der Waals surface area (Å²) in [7, 11) is 4.69. The van der Waals surface area contributed by atoms with E-state index in [-0.39, 0.29) is 24.8 Å². The van der Waals surface area contributed by atoms with Crippen LogP contribution in [0.25, 0.3) is 0 Å². The van der Waals surface area contributed by atoms with E-state index in [1.165, 1.54) is 5.01 Å². The number of hydrazone groups is 1. The molecule has 1 amide bonds. The van der Waals surface area contributed by atoms with Gasteiger partial charge in [-0.15, -0.1) is 0 Å². The molecule has 158 valence electrons. The van der Waals surface area contributed by atoms with Crippen LogP contribution in [0, 0.1) is 0 Å². The number of carboxylic acids is 1. The van der Waals surface area contributed by atoms with Gasteiger partial charge in [0.2, 0.25) is 5.91 Å². The lowest BCUT2D eigenvalue weighted by Crippen LogP contribution is -2.29. The van der Waals surface area contributed by atoms with E-state index in [0.717, 1.165) is 11.1 Å². The van der Waals surface area contributed by atoms with E-state index in [2.05, 4.69) is 5.10 Å². The number of carboxylic acid groups (broad SMARTS) is 1. The lowest BCUT2D eigenvalue weighted by molar-refractivity contribution is -0.305. The van der Waals surface area contributed by atoms with Gasteiger partial charge in [0.25, 0.3) is 0 Å². The van der Waals surface area contributed by atoms with Gasteiger partial charge in [0, 0.05) is 24.4 Å². The summed E-state index contributed by atoms with van der Waals surface area (Å²) < 4.78 is 15.8. The Hall–Kier alpha value is -3.55. The molecular formula is C22H23N2O6-. The molecule has 0 spiro atoms. The molecule has 0 saturated carbocycles. The molecule has 2 aromatic carbocycles. The number of hydrogen-bond acceptors (Lipinski definition) is 7. The van der Waals surface area contributed by atoms with Crippen LogP contribution >= 0.6 is 0 Å². The maximum atomic E-state index is 12.7. The molecule has 0 unspecified atom stereocenters. The van der Waals surface area contributed by atoms with Gasteiger partial charge in [-0.05, 0) is 42.3 Å². The Labute approximate surface area is 174 Å². The van der Waals surface area contributed by atoms with Crippen LogP contribution in [0.15, 0.2) is 47.6 Å². The predicted molar refractivity (Wildman–Crippen MR) is 108 cm³/mol. The van der Waals surface area contributed by atoms with Crippen molar-refractivity contribution >= 4 is 17.6 Å². The summed E-state index contributed by atoms with van der Waals surface area (Å²) in [5.41, 5.74) is 2.36. The lowest BCUT2D eigenvalue weighted by Gasteiger charge is -2.22. The number of hydrogen-bond donors (Lipinski definition) is 0. The Morgan fingerprint density at radius 2 is 1.70 bits per heavy atom. The molecule has 30 heavy (non-hydrogen) atoms. The average molecular weight is 411 g/mol. The summed E-state index contributed by atoms with van der Waals surface area (Å²) in [5, 5.41) is 16.7. The zero-order valence-electron chi connectivity index (χ0n) is 17.1. The average Bonchev–Trinajstić information content (AvgIpc) is 3.22. The monoisotopic (exact) mass is 411 g/mol. The van der Waals surface area contributed by atoms with Crippen molar-refractivity contribution in [3.8, 4) is 17.2 Å². The van der Waals surface area contributed by atoms with Gasteiger partial charge in [0.05, 0.1) is 33.1 Å². The van der Waals surface area contributed by atoms with E-state index in [0.29, 0.717) is 29.4 Å². The standard InChI is InChI=1S/C22H24N2O6/c1-28-16-7-4-14(5-8-16)18-13-17(23-24(18)21(25)10-11-22(26)27)15-6-9-19(29-2)20(12-15)30-3/h4-9,12,18H,10-11,13H2,1-3H3,(H,26,27)/p-1/t18-/m0/s1. The second-order valence-corrected chi connectivity index (χ2v) is 6.72. The molecule has 0 aromatic heterocycles. The molecule has 0 N–H and O–H groups in total. The number of benzene rings is 2. The third-order valence-corrected chi connectivity index (χ3v) is 4.93.